The van der Waals surface area contributed by atoms with Crippen LogP contribution in [0.5, 0.6) is 0 Å². The lowest BCUT2D eigenvalue weighted by molar-refractivity contribution is 0.494. The first-order valence-corrected chi connectivity index (χ1v) is 9.83. The first-order valence-electron chi connectivity index (χ1n) is 9.83. The van der Waals surface area contributed by atoms with Gasteiger partial charge in [0.2, 0.25) is 5.95 Å². The zero-order valence-corrected chi connectivity index (χ0v) is 16.4. The molecule has 5 heteroatoms. The molecule has 0 bridgehead atoms. The minimum atomic E-state index is -0.202. The Kier molecular flexibility index (Phi) is 5.33. The molecule has 1 fully saturated rings. The molecule has 28 heavy (non-hydrogen) atoms. The third-order valence-corrected chi connectivity index (χ3v) is 5.26. The van der Waals surface area contributed by atoms with E-state index in [9.17, 15) is 4.39 Å². The number of hydrogen-bond donors (Lipinski definition) is 0. The number of anilines is 1. The van der Waals surface area contributed by atoms with E-state index in [0.29, 0.717) is 5.92 Å². The largest absolute Gasteiger partial charge is 0.340 e. The molecule has 0 amide bonds. The van der Waals surface area contributed by atoms with Gasteiger partial charge in [-0.3, -0.25) is 4.98 Å². The lowest BCUT2D eigenvalue weighted by Gasteiger charge is -2.32. The Morgan fingerprint density at radius 3 is 2.39 bits per heavy atom. The Morgan fingerprint density at radius 1 is 1.00 bits per heavy atom. The van der Waals surface area contributed by atoms with E-state index in [4.69, 9.17) is 4.98 Å². The summed E-state index contributed by atoms with van der Waals surface area (Å²) < 4.78 is 13.1. The van der Waals surface area contributed by atoms with Gasteiger partial charge in [0.25, 0.3) is 0 Å². The van der Waals surface area contributed by atoms with Crippen LogP contribution in [0, 0.1) is 19.7 Å². The highest BCUT2D eigenvalue weighted by Crippen LogP contribution is 2.28. The van der Waals surface area contributed by atoms with Crippen LogP contribution in [0.1, 0.15) is 47.0 Å². The first kappa shape index (κ1) is 18.5. The topological polar surface area (TPSA) is 41.9 Å². The Balaban J connectivity index is 1.45. The van der Waals surface area contributed by atoms with E-state index in [1.807, 2.05) is 38.2 Å². The molecule has 1 atom stereocenters. The molecule has 2 aromatic heterocycles. The van der Waals surface area contributed by atoms with Crippen molar-refractivity contribution < 1.29 is 4.39 Å². The van der Waals surface area contributed by atoms with Crippen LogP contribution < -0.4 is 4.90 Å². The molecular weight excluding hydrogens is 351 g/mol. The fourth-order valence-corrected chi connectivity index (χ4v) is 3.87. The van der Waals surface area contributed by atoms with Crippen molar-refractivity contribution in [2.45, 2.75) is 39.0 Å². The number of rotatable bonds is 4. The summed E-state index contributed by atoms with van der Waals surface area (Å²) in [7, 11) is 0. The summed E-state index contributed by atoms with van der Waals surface area (Å²) in [5.41, 5.74) is 5.37. The van der Waals surface area contributed by atoms with E-state index in [2.05, 4.69) is 27.0 Å². The third kappa shape index (κ3) is 4.35. The second kappa shape index (κ2) is 8.05. The second-order valence-electron chi connectivity index (χ2n) is 7.63. The normalized spacial score (nSPS) is 17.0. The van der Waals surface area contributed by atoms with E-state index < -0.39 is 0 Å². The summed E-state index contributed by atoms with van der Waals surface area (Å²) >= 11 is 0. The molecular formula is C23H25FN4. The highest BCUT2D eigenvalue weighted by atomic mass is 19.1. The fourth-order valence-electron chi connectivity index (χ4n) is 3.87. The number of benzene rings is 1. The van der Waals surface area contributed by atoms with Gasteiger partial charge in [0.15, 0.2) is 0 Å². The van der Waals surface area contributed by atoms with Crippen LogP contribution in [0.3, 0.4) is 0 Å². The van der Waals surface area contributed by atoms with E-state index in [-0.39, 0.29) is 5.82 Å². The van der Waals surface area contributed by atoms with Gasteiger partial charge in [0.05, 0.1) is 0 Å². The van der Waals surface area contributed by atoms with Gasteiger partial charge in [-0.05, 0) is 68.5 Å². The van der Waals surface area contributed by atoms with Crippen LogP contribution in [0.15, 0.2) is 48.7 Å². The van der Waals surface area contributed by atoms with Gasteiger partial charge in [0, 0.05) is 42.3 Å². The maximum Gasteiger partial charge on any atom is 0.225 e. The highest BCUT2D eigenvalue weighted by molar-refractivity contribution is 5.35. The van der Waals surface area contributed by atoms with Crippen LogP contribution in [0.25, 0.3) is 0 Å². The molecule has 0 aliphatic carbocycles. The monoisotopic (exact) mass is 376 g/mol. The molecule has 0 saturated carbocycles. The molecule has 0 radical (unpaired) electrons. The molecule has 0 N–H and O–H groups in total. The zero-order chi connectivity index (χ0) is 19.5. The second-order valence-corrected chi connectivity index (χ2v) is 7.63. The summed E-state index contributed by atoms with van der Waals surface area (Å²) in [6.07, 6.45) is 4.96. The van der Waals surface area contributed by atoms with Crippen molar-refractivity contribution in [1.29, 1.82) is 0 Å². The molecule has 3 aromatic rings. The molecule has 4 rings (SSSR count). The van der Waals surface area contributed by atoms with Gasteiger partial charge < -0.3 is 4.90 Å². The Labute approximate surface area is 165 Å². The molecule has 144 valence electrons. The first-order chi connectivity index (χ1) is 13.6. The Bertz CT molecular complexity index is 918. The summed E-state index contributed by atoms with van der Waals surface area (Å²) in [6.45, 7) is 5.91. The molecule has 1 saturated heterocycles. The van der Waals surface area contributed by atoms with Crippen LogP contribution >= 0.6 is 0 Å². The van der Waals surface area contributed by atoms with E-state index in [0.717, 1.165) is 66.5 Å². The molecule has 3 heterocycles. The summed E-state index contributed by atoms with van der Waals surface area (Å²) in [6, 6.07) is 12.9. The van der Waals surface area contributed by atoms with E-state index in [1.165, 1.54) is 12.1 Å². The van der Waals surface area contributed by atoms with Crippen molar-refractivity contribution in [1.82, 2.24) is 15.0 Å². The Morgan fingerprint density at radius 2 is 1.71 bits per heavy atom. The van der Waals surface area contributed by atoms with Gasteiger partial charge in [-0.1, -0.05) is 18.2 Å². The maximum atomic E-state index is 13.1. The minimum Gasteiger partial charge on any atom is -0.340 e. The van der Waals surface area contributed by atoms with Gasteiger partial charge in [-0.15, -0.1) is 0 Å². The number of piperidine rings is 1. The maximum absolute atomic E-state index is 13.1. The number of halogens is 1. The van der Waals surface area contributed by atoms with Crippen molar-refractivity contribution in [3.05, 3.63) is 82.7 Å². The molecule has 4 nitrogen and oxygen atoms in total. The highest BCUT2D eigenvalue weighted by Gasteiger charge is 2.24. The number of nitrogens with zero attached hydrogens (tertiary/aromatic N) is 4. The summed E-state index contributed by atoms with van der Waals surface area (Å²) in [5.74, 6) is 1.01. The standard InChI is InChI=1S/C23H25FN4/c1-16-12-17(2)27-23(26-16)28-11-3-4-20(15-28)22-10-7-19(14-25-22)13-18-5-8-21(24)9-6-18/h5-10,12,14,20H,3-4,11,13,15H2,1-2H3/t20-/m0/s1. The number of pyridine rings is 1. The van der Waals surface area contributed by atoms with Gasteiger partial charge in [0.1, 0.15) is 5.82 Å². The fraction of sp³-hybridized carbons (Fsp3) is 0.348. The van der Waals surface area contributed by atoms with Gasteiger partial charge in [-0.2, -0.15) is 0 Å². The van der Waals surface area contributed by atoms with Gasteiger partial charge in [-0.25, -0.2) is 14.4 Å². The number of hydrogen-bond acceptors (Lipinski definition) is 4. The summed E-state index contributed by atoms with van der Waals surface area (Å²) in [4.78, 5) is 16.3. The lowest BCUT2D eigenvalue weighted by atomic mass is 9.94. The van der Waals surface area contributed by atoms with E-state index >= 15 is 0 Å². The smallest absolute Gasteiger partial charge is 0.225 e. The van der Waals surface area contributed by atoms with Crippen molar-refractivity contribution in [2.75, 3.05) is 18.0 Å². The van der Waals surface area contributed by atoms with Crippen LogP contribution in [-0.2, 0) is 6.42 Å². The lowest BCUT2D eigenvalue weighted by Crippen LogP contribution is -2.36. The predicted octanol–water partition coefficient (Wildman–Crippen LogP) is 4.60. The van der Waals surface area contributed by atoms with E-state index in [1.54, 1.807) is 0 Å². The minimum absolute atomic E-state index is 0.202. The molecule has 0 unspecified atom stereocenters. The molecule has 1 aromatic carbocycles. The molecule has 1 aliphatic heterocycles. The van der Waals surface area contributed by atoms with Crippen molar-refractivity contribution in [3.8, 4) is 0 Å². The zero-order valence-electron chi connectivity index (χ0n) is 16.4. The summed E-state index contributed by atoms with van der Waals surface area (Å²) in [5, 5.41) is 0. The van der Waals surface area contributed by atoms with Crippen molar-refractivity contribution in [3.63, 3.8) is 0 Å². The number of aromatic nitrogens is 3. The van der Waals surface area contributed by atoms with Crippen LogP contribution in [0.2, 0.25) is 0 Å². The SMILES string of the molecule is Cc1cc(C)nc(N2CCC[C@H](c3ccc(Cc4ccc(F)cc4)cn3)C2)n1. The van der Waals surface area contributed by atoms with Crippen molar-refractivity contribution >= 4 is 5.95 Å². The average Bonchev–Trinajstić information content (AvgIpc) is 2.70. The van der Waals surface area contributed by atoms with Gasteiger partial charge >= 0.3 is 0 Å². The predicted molar refractivity (Wildman–Crippen MR) is 109 cm³/mol. The van der Waals surface area contributed by atoms with Crippen LogP contribution in [-0.4, -0.2) is 28.0 Å². The van der Waals surface area contributed by atoms with Crippen molar-refractivity contribution in [2.24, 2.45) is 0 Å². The third-order valence-electron chi connectivity index (χ3n) is 5.26. The molecule has 1 aliphatic rings. The number of aryl methyl sites for hydroxylation is 2. The average molecular weight is 376 g/mol. The Hall–Kier alpha value is -2.82. The molecule has 0 spiro atoms. The van der Waals surface area contributed by atoms with Crippen LogP contribution in [0.4, 0.5) is 10.3 Å². The quantitative estimate of drug-likeness (QED) is 0.667.